The number of nitrogens with one attached hydrogen (secondary N) is 1. The fourth-order valence-corrected chi connectivity index (χ4v) is 7.64. The number of unbranched alkanes of at least 4 members (excludes halogenated alkanes) is 1. The second kappa shape index (κ2) is 16.2. The fourth-order valence-electron chi connectivity index (χ4n) is 7.64. The topological polar surface area (TPSA) is 91.4 Å². The van der Waals surface area contributed by atoms with Crippen molar-refractivity contribution in [1.29, 1.82) is 0 Å². The highest BCUT2D eigenvalue weighted by atomic mass is 16.5. The largest absolute Gasteiger partial charge is 0.494 e. The Morgan fingerprint density at radius 2 is 1.51 bits per heavy atom. The number of hydrogen-bond donors (Lipinski definition) is 1. The summed E-state index contributed by atoms with van der Waals surface area (Å²) in [5, 5.41) is 2.32. The number of benzene rings is 4. The molecule has 9 heteroatoms. The van der Waals surface area contributed by atoms with E-state index < -0.39 is 6.03 Å². The second-order valence-corrected chi connectivity index (χ2v) is 13.6. The van der Waals surface area contributed by atoms with Crippen molar-refractivity contribution in [3.63, 3.8) is 0 Å². The number of hydrogen-bond acceptors (Lipinski definition) is 6. The van der Waals surface area contributed by atoms with E-state index in [0.29, 0.717) is 49.5 Å². The Hall–Kier alpha value is -5.15. The van der Waals surface area contributed by atoms with Crippen LogP contribution in [0.2, 0.25) is 0 Å². The average molecular weight is 687 g/mol. The van der Waals surface area contributed by atoms with Gasteiger partial charge in [0.1, 0.15) is 11.5 Å². The molecule has 7 rings (SSSR count). The predicted molar refractivity (Wildman–Crippen MR) is 197 cm³/mol. The molecular formula is C42H46N4O5. The van der Waals surface area contributed by atoms with Gasteiger partial charge in [0.15, 0.2) is 6.61 Å². The SMILES string of the molecule is O=C1CCN(c2cccc(OCC(=O)N3CCN(CCCCOc4ccc(C5c6ccccc6CCC5c5ccccc5)cc4)CC3)c2)C(=O)N1. The number of ether oxygens (including phenoxy) is 2. The summed E-state index contributed by atoms with van der Waals surface area (Å²) in [6.45, 7) is 4.91. The van der Waals surface area contributed by atoms with Crippen LogP contribution in [0.4, 0.5) is 10.5 Å². The van der Waals surface area contributed by atoms with Crippen LogP contribution in [0.25, 0.3) is 0 Å². The maximum absolute atomic E-state index is 12.9. The fraction of sp³-hybridized carbons (Fsp3) is 0.357. The lowest BCUT2D eigenvalue weighted by Crippen LogP contribution is -2.50. The summed E-state index contributed by atoms with van der Waals surface area (Å²) in [6, 6.07) is 35.2. The molecule has 1 aliphatic carbocycles. The van der Waals surface area contributed by atoms with Crippen molar-refractivity contribution in [2.24, 2.45) is 0 Å². The molecule has 0 spiro atoms. The van der Waals surface area contributed by atoms with Gasteiger partial charge in [-0.2, -0.15) is 0 Å². The van der Waals surface area contributed by atoms with Gasteiger partial charge in [0.2, 0.25) is 5.91 Å². The summed E-state index contributed by atoms with van der Waals surface area (Å²) in [6.07, 6.45) is 4.51. The van der Waals surface area contributed by atoms with Crippen LogP contribution in [0, 0.1) is 0 Å². The molecular weight excluding hydrogens is 640 g/mol. The Bertz CT molecular complexity index is 1810. The molecule has 2 saturated heterocycles. The molecule has 0 radical (unpaired) electrons. The number of anilines is 1. The standard InChI is InChI=1S/C42H46N4O5/c47-39-21-23-46(42(49)43-39)34-12-8-13-36(29-34)51-30-40(48)45-26-24-44(25-27-45)22-6-7-28-50-35-18-15-33(16-19-35)41-37-14-5-4-11-32(37)17-20-38(41)31-9-2-1-3-10-31/h1-5,8-16,18-19,29,38,41H,6-7,17,20-28,30H2,(H,43,47,49). The number of carbonyl (C=O) groups is 3. The molecule has 3 aliphatic rings. The van der Waals surface area contributed by atoms with E-state index in [2.05, 4.69) is 89.1 Å². The molecule has 2 heterocycles. The Morgan fingerprint density at radius 1 is 0.725 bits per heavy atom. The van der Waals surface area contributed by atoms with Crippen molar-refractivity contribution in [3.05, 3.63) is 125 Å². The van der Waals surface area contributed by atoms with E-state index in [1.54, 1.807) is 24.3 Å². The summed E-state index contributed by atoms with van der Waals surface area (Å²) in [7, 11) is 0. The summed E-state index contributed by atoms with van der Waals surface area (Å²) in [5.41, 5.74) is 6.27. The van der Waals surface area contributed by atoms with Crippen LogP contribution in [-0.4, -0.2) is 80.1 Å². The van der Waals surface area contributed by atoms with E-state index in [0.717, 1.165) is 51.1 Å². The highest BCUT2D eigenvalue weighted by Crippen LogP contribution is 2.46. The zero-order valence-corrected chi connectivity index (χ0v) is 29.0. The monoisotopic (exact) mass is 686 g/mol. The Labute approximate surface area is 300 Å². The molecule has 2 atom stereocenters. The minimum absolute atomic E-state index is 0.0518. The number of rotatable bonds is 12. The molecule has 4 aromatic carbocycles. The minimum Gasteiger partial charge on any atom is -0.494 e. The van der Waals surface area contributed by atoms with Gasteiger partial charge in [0, 0.05) is 56.8 Å². The maximum atomic E-state index is 12.9. The van der Waals surface area contributed by atoms with Crippen molar-refractivity contribution in [2.75, 3.05) is 57.4 Å². The second-order valence-electron chi connectivity index (χ2n) is 13.6. The quantitative estimate of drug-likeness (QED) is 0.174. The summed E-state index contributed by atoms with van der Waals surface area (Å²) < 4.78 is 12.0. The molecule has 264 valence electrons. The van der Waals surface area contributed by atoms with Gasteiger partial charge >= 0.3 is 6.03 Å². The third-order valence-corrected chi connectivity index (χ3v) is 10.4. The lowest BCUT2D eigenvalue weighted by molar-refractivity contribution is -0.135. The number of carbonyl (C=O) groups excluding carboxylic acids is 3. The van der Waals surface area contributed by atoms with Crippen molar-refractivity contribution < 1.29 is 23.9 Å². The highest BCUT2D eigenvalue weighted by Gasteiger charge is 2.32. The Kier molecular flexibility index (Phi) is 10.9. The minimum atomic E-state index is -0.450. The summed E-state index contributed by atoms with van der Waals surface area (Å²) in [4.78, 5) is 42.3. The Balaban J connectivity index is 0.820. The molecule has 0 saturated carbocycles. The molecule has 0 bridgehead atoms. The van der Waals surface area contributed by atoms with Crippen molar-refractivity contribution in [2.45, 2.75) is 43.9 Å². The first-order chi connectivity index (χ1) is 25.0. The number of piperazine rings is 1. The molecule has 2 aliphatic heterocycles. The molecule has 51 heavy (non-hydrogen) atoms. The van der Waals surface area contributed by atoms with Crippen LogP contribution in [0.15, 0.2) is 103 Å². The van der Waals surface area contributed by atoms with Crippen LogP contribution in [-0.2, 0) is 16.0 Å². The van der Waals surface area contributed by atoms with Crippen LogP contribution in [0.3, 0.4) is 0 Å². The average Bonchev–Trinajstić information content (AvgIpc) is 3.17. The van der Waals surface area contributed by atoms with E-state index in [-0.39, 0.29) is 24.8 Å². The van der Waals surface area contributed by atoms with E-state index in [4.69, 9.17) is 9.47 Å². The Morgan fingerprint density at radius 3 is 2.31 bits per heavy atom. The highest BCUT2D eigenvalue weighted by molar-refractivity contribution is 6.05. The number of imide groups is 1. The zero-order valence-electron chi connectivity index (χ0n) is 29.0. The van der Waals surface area contributed by atoms with Crippen molar-refractivity contribution in [3.8, 4) is 11.5 Å². The van der Waals surface area contributed by atoms with E-state index in [1.165, 1.54) is 27.2 Å². The van der Waals surface area contributed by atoms with Gasteiger partial charge in [-0.1, -0.05) is 72.8 Å². The molecule has 1 N–H and O–H groups in total. The third-order valence-electron chi connectivity index (χ3n) is 10.4. The number of aryl methyl sites for hydroxylation is 1. The molecule has 2 unspecified atom stereocenters. The van der Waals surface area contributed by atoms with Crippen LogP contribution in [0.5, 0.6) is 11.5 Å². The van der Waals surface area contributed by atoms with Gasteiger partial charge in [-0.3, -0.25) is 24.7 Å². The predicted octanol–water partition coefficient (Wildman–Crippen LogP) is 6.38. The summed E-state index contributed by atoms with van der Waals surface area (Å²) >= 11 is 0. The van der Waals surface area contributed by atoms with Gasteiger partial charge in [-0.05, 0) is 84.7 Å². The maximum Gasteiger partial charge on any atom is 0.328 e. The molecule has 2 fully saturated rings. The lowest BCUT2D eigenvalue weighted by atomic mass is 9.69. The molecule has 4 aromatic rings. The number of fused-ring (bicyclic) bond motifs is 1. The van der Waals surface area contributed by atoms with Gasteiger partial charge in [0.05, 0.1) is 6.61 Å². The number of nitrogens with zero attached hydrogens (tertiary/aromatic N) is 3. The first-order valence-electron chi connectivity index (χ1n) is 18.2. The summed E-state index contributed by atoms with van der Waals surface area (Å²) in [5.74, 6) is 1.87. The lowest BCUT2D eigenvalue weighted by Gasteiger charge is -2.34. The smallest absolute Gasteiger partial charge is 0.328 e. The zero-order chi connectivity index (χ0) is 35.0. The van der Waals surface area contributed by atoms with Crippen LogP contribution in [0.1, 0.15) is 59.8 Å². The van der Waals surface area contributed by atoms with Crippen LogP contribution < -0.4 is 19.7 Å². The van der Waals surface area contributed by atoms with Crippen LogP contribution >= 0.6 is 0 Å². The first kappa shape index (κ1) is 34.3. The van der Waals surface area contributed by atoms with Crippen molar-refractivity contribution in [1.82, 2.24) is 15.1 Å². The van der Waals surface area contributed by atoms with Crippen molar-refractivity contribution >= 4 is 23.5 Å². The first-order valence-corrected chi connectivity index (χ1v) is 18.2. The molecule has 0 aromatic heterocycles. The van der Waals surface area contributed by atoms with Gasteiger partial charge in [-0.15, -0.1) is 0 Å². The van der Waals surface area contributed by atoms with E-state index in [1.807, 2.05) is 4.90 Å². The van der Waals surface area contributed by atoms with Gasteiger partial charge in [-0.25, -0.2) is 4.79 Å². The molecule has 9 nitrogen and oxygen atoms in total. The van der Waals surface area contributed by atoms with E-state index in [9.17, 15) is 14.4 Å². The number of amides is 4. The van der Waals surface area contributed by atoms with Gasteiger partial charge < -0.3 is 14.4 Å². The molecule has 4 amide bonds. The van der Waals surface area contributed by atoms with Gasteiger partial charge in [0.25, 0.3) is 5.91 Å². The van der Waals surface area contributed by atoms with E-state index >= 15 is 0 Å². The normalized spacial score (nSPS) is 19.3. The number of urea groups is 1. The third kappa shape index (κ3) is 8.43.